The van der Waals surface area contributed by atoms with E-state index >= 15 is 0 Å². The number of hydrogen-bond acceptors (Lipinski definition) is 2. The minimum atomic E-state index is -0.0205. The molecule has 2 aliphatic carbocycles. The van der Waals surface area contributed by atoms with Gasteiger partial charge in [-0.15, -0.1) is 0 Å². The van der Waals surface area contributed by atoms with Crippen LogP contribution in [0, 0.1) is 11.8 Å². The molecular weight excluding hydrogens is 258 g/mol. The zero-order valence-electron chi connectivity index (χ0n) is 11.1. The van der Waals surface area contributed by atoms with Gasteiger partial charge in [-0.3, -0.25) is 0 Å². The van der Waals surface area contributed by atoms with E-state index in [2.05, 4.69) is 6.07 Å². The molecule has 1 heterocycles. The number of nitrogens with two attached hydrogens (primary N) is 1. The van der Waals surface area contributed by atoms with E-state index in [1.165, 1.54) is 36.8 Å². The van der Waals surface area contributed by atoms with Crippen molar-refractivity contribution in [1.29, 1.82) is 0 Å². The van der Waals surface area contributed by atoms with E-state index < -0.39 is 0 Å². The zero-order valence-corrected chi connectivity index (χ0v) is 11.9. The Morgan fingerprint density at radius 3 is 3.00 bits per heavy atom. The Bertz CT molecular complexity index is 530. The van der Waals surface area contributed by atoms with E-state index in [9.17, 15) is 0 Å². The lowest BCUT2D eigenvalue weighted by Gasteiger charge is -2.34. The van der Waals surface area contributed by atoms with Crippen LogP contribution in [0.2, 0.25) is 5.02 Å². The lowest BCUT2D eigenvalue weighted by Crippen LogP contribution is -2.47. The zero-order chi connectivity index (χ0) is 13.0. The topological polar surface area (TPSA) is 35.2 Å². The van der Waals surface area contributed by atoms with Crippen molar-refractivity contribution >= 4 is 11.6 Å². The molecule has 3 atom stereocenters. The largest absolute Gasteiger partial charge is 0.493 e. The SMILES string of the molecule is NC1(Cc2cc(Cl)cc3c2OCC3)CC2CCC1C2. The third-order valence-electron chi connectivity index (χ3n) is 5.37. The summed E-state index contributed by atoms with van der Waals surface area (Å²) in [5, 5.41) is 0.825. The molecule has 3 unspecified atom stereocenters. The van der Waals surface area contributed by atoms with Gasteiger partial charge in [-0.1, -0.05) is 18.0 Å². The lowest BCUT2D eigenvalue weighted by atomic mass is 9.77. The van der Waals surface area contributed by atoms with Gasteiger partial charge in [-0.05, 0) is 60.8 Å². The predicted molar refractivity (Wildman–Crippen MR) is 76.7 cm³/mol. The van der Waals surface area contributed by atoms with Gasteiger partial charge in [0.25, 0.3) is 0 Å². The molecule has 2 N–H and O–H groups in total. The average Bonchev–Trinajstić information content (AvgIpc) is 3.01. The lowest BCUT2D eigenvalue weighted by molar-refractivity contribution is 0.265. The van der Waals surface area contributed by atoms with Crippen LogP contribution in [0.15, 0.2) is 12.1 Å². The summed E-state index contributed by atoms with van der Waals surface area (Å²) in [6, 6.07) is 4.10. The van der Waals surface area contributed by atoms with Crippen LogP contribution >= 0.6 is 11.6 Å². The molecule has 0 radical (unpaired) electrons. The molecule has 3 aliphatic rings. The second-order valence-corrected chi connectivity index (χ2v) is 7.08. The monoisotopic (exact) mass is 277 g/mol. The van der Waals surface area contributed by atoms with Gasteiger partial charge in [0.1, 0.15) is 5.75 Å². The Morgan fingerprint density at radius 1 is 1.37 bits per heavy atom. The van der Waals surface area contributed by atoms with Crippen molar-refractivity contribution in [3.63, 3.8) is 0 Å². The van der Waals surface area contributed by atoms with Crippen LogP contribution in [0.4, 0.5) is 0 Å². The van der Waals surface area contributed by atoms with Gasteiger partial charge in [0.05, 0.1) is 6.61 Å². The third kappa shape index (κ3) is 1.88. The van der Waals surface area contributed by atoms with Crippen LogP contribution in [-0.4, -0.2) is 12.1 Å². The summed E-state index contributed by atoms with van der Waals surface area (Å²) >= 11 is 6.24. The predicted octanol–water partition coefficient (Wildman–Crippen LogP) is 3.33. The molecule has 1 aromatic rings. The van der Waals surface area contributed by atoms with E-state index in [0.29, 0.717) is 5.92 Å². The Labute approximate surface area is 119 Å². The summed E-state index contributed by atoms with van der Waals surface area (Å²) in [4.78, 5) is 0. The molecule has 2 fully saturated rings. The number of halogens is 1. The van der Waals surface area contributed by atoms with Gasteiger partial charge >= 0.3 is 0 Å². The van der Waals surface area contributed by atoms with Crippen molar-refractivity contribution in [3.05, 3.63) is 28.3 Å². The van der Waals surface area contributed by atoms with Crippen LogP contribution < -0.4 is 10.5 Å². The molecule has 1 aromatic carbocycles. The van der Waals surface area contributed by atoms with E-state index in [-0.39, 0.29) is 5.54 Å². The summed E-state index contributed by atoms with van der Waals surface area (Å²) < 4.78 is 5.81. The minimum Gasteiger partial charge on any atom is -0.493 e. The standard InChI is InChI=1S/C16H20ClNO/c17-14-6-11-3-4-19-15(11)12(7-14)9-16(18)8-10-1-2-13(16)5-10/h6-7,10,13H,1-5,8-9,18H2. The highest BCUT2D eigenvalue weighted by atomic mass is 35.5. The minimum absolute atomic E-state index is 0.0205. The molecule has 0 spiro atoms. The maximum atomic E-state index is 6.72. The second-order valence-electron chi connectivity index (χ2n) is 6.64. The van der Waals surface area contributed by atoms with Gasteiger partial charge in [0.15, 0.2) is 0 Å². The maximum Gasteiger partial charge on any atom is 0.125 e. The average molecular weight is 278 g/mol. The Hall–Kier alpha value is -0.730. The summed E-state index contributed by atoms with van der Waals surface area (Å²) in [5.41, 5.74) is 9.19. The summed E-state index contributed by atoms with van der Waals surface area (Å²) in [6.07, 6.45) is 7.11. The van der Waals surface area contributed by atoms with Crippen molar-refractivity contribution in [2.45, 2.75) is 44.1 Å². The number of hydrogen-bond donors (Lipinski definition) is 1. The first-order valence-electron chi connectivity index (χ1n) is 7.37. The number of benzene rings is 1. The summed E-state index contributed by atoms with van der Waals surface area (Å²) in [7, 11) is 0. The van der Waals surface area contributed by atoms with Gasteiger partial charge in [-0.2, -0.15) is 0 Å². The number of ether oxygens (including phenoxy) is 1. The van der Waals surface area contributed by atoms with Gasteiger partial charge in [-0.25, -0.2) is 0 Å². The van der Waals surface area contributed by atoms with Crippen LogP contribution in [0.3, 0.4) is 0 Å². The highest BCUT2D eigenvalue weighted by molar-refractivity contribution is 6.30. The summed E-state index contributed by atoms with van der Waals surface area (Å²) in [6.45, 7) is 0.784. The van der Waals surface area contributed by atoms with E-state index in [1.807, 2.05) is 6.07 Å². The maximum absolute atomic E-state index is 6.72. The third-order valence-corrected chi connectivity index (χ3v) is 5.59. The second kappa shape index (κ2) is 4.13. The van der Waals surface area contributed by atoms with Gasteiger partial charge < -0.3 is 10.5 Å². The number of rotatable bonds is 2. The molecule has 0 amide bonds. The first kappa shape index (κ1) is 12.0. The van der Waals surface area contributed by atoms with E-state index in [0.717, 1.165) is 36.1 Å². The number of fused-ring (bicyclic) bond motifs is 3. The van der Waals surface area contributed by atoms with Crippen LogP contribution in [0.5, 0.6) is 5.75 Å². The molecule has 102 valence electrons. The molecule has 2 saturated carbocycles. The quantitative estimate of drug-likeness (QED) is 0.900. The molecular formula is C16H20ClNO. The van der Waals surface area contributed by atoms with E-state index in [1.54, 1.807) is 0 Å². The van der Waals surface area contributed by atoms with Gasteiger partial charge in [0.2, 0.25) is 0 Å². The van der Waals surface area contributed by atoms with Crippen molar-refractivity contribution in [2.24, 2.45) is 17.6 Å². The Morgan fingerprint density at radius 2 is 2.26 bits per heavy atom. The fraction of sp³-hybridized carbons (Fsp3) is 0.625. The van der Waals surface area contributed by atoms with E-state index in [4.69, 9.17) is 22.1 Å². The normalized spacial score (nSPS) is 35.5. The fourth-order valence-electron chi connectivity index (χ4n) is 4.54. The molecule has 0 aromatic heterocycles. The molecule has 3 heteroatoms. The smallest absolute Gasteiger partial charge is 0.125 e. The first-order valence-corrected chi connectivity index (χ1v) is 7.75. The van der Waals surface area contributed by atoms with Crippen molar-refractivity contribution in [2.75, 3.05) is 6.61 Å². The Balaban J connectivity index is 1.67. The Kier molecular flexibility index (Phi) is 2.62. The molecule has 0 saturated heterocycles. The van der Waals surface area contributed by atoms with Crippen molar-refractivity contribution < 1.29 is 4.74 Å². The molecule has 2 bridgehead atoms. The highest BCUT2D eigenvalue weighted by Gasteiger charge is 2.48. The van der Waals surface area contributed by atoms with Gasteiger partial charge in [0, 0.05) is 17.0 Å². The molecule has 2 nitrogen and oxygen atoms in total. The highest BCUT2D eigenvalue weighted by Crippen LogP contribution is 2.51. The van der Waals surface area contributed by atoms with Crippen molar-refractivity contribution in [3.8, 4) is 5.75 Å². The molecule has 1 aliphatic heterocycles. The van der Waals surface area contributed by atoms with Crippen LogP contribution in [-0.2, 0) is 12.8 Å². The molecule has 4 rings (SSSR count). The first-order chi connectivity index (χ1) is 9.14. The summed E-state index contributed by atoms with van der Waals surface area (Å²) in [5.74, 6) is 2.63. The van der Waals surface area contributed by atoms with Crippen molar-refractivity contribution in [1.82, 2.24) is 0 Å². The fourth-order valence-corrected chi connectivity index (χ4v) is 4.80. The van der Waals surface area contributed by atoms with Crippen LogP contribution in [0.1, 0.15) is 36.8 Å². The molecule has 19 heavy (non-hydrogen) atoms. The van der Waals surface area contributed by atoms with Crippen LogP contribution in [0.25, 0.3) is 0 Å².